The quantitative estimate of drug-likeness (QED) is 0.681. The smallest absolute Gasteiger partial charge is 0.127 e. The van der Waals surface area contributed by atoms with Crippen molar-refractivity contribution in [2.24, 2.45) is 7.05 Å². The molecule has 21 heavy (non-hydrogen) atoms. The predicted octanol–water partition coefficient (Wildman–Crippen LogP) is 3.97. The van der Waals surface area contributed by atoms with E-state index in [0.29, 0.717) is 5.02 Å². The van der Waals surface area contributed by atoms with Crippen molar-refractivity contribution in [2.45, 2.75) is 25.3 Å². The van der Waals surface area contributed by atoms with Gasteiger partial charge in [0.2, 0.25) is 0 Å². The number of halogens is 2. The highest BCUT2D eigenvalue weighted by Crippen LogP contribution is 2.26. The number of imidazole rings is 1. The summed E-state index contributed by atoms with van der Waals surface area (Å²) in [4.78, 5) is 4.62. The minimum Gasteiger partial charge on any atom is -0.326 e. The molecule has 0 amide bonds. The van der Waals surface area contributed by atoms with E-state index >= 15 is 0 Å². The van der Waals surface area contributed by atoms with Crippen molar-refractivity contribution in [1.29, 1.82) is 0 Å². The molecule has 0 bridgehead atoms. The van der Waals surface area contributed by atoms with Crippen LogP contribution in [-0.2, 0) is 20.0 Å². The number of rotatable bonds is 4. The SMILES string of the molecule is CC(Cl)c1nc2cc(Cl)ccc2n1CCc1ccnn1C. The molecule has 0 saturated carbocycles. The summed E-state index contributed by atoms with van der Waals surface area (Å²) < 4.78 is 4.05. The van der Waals surface area contributed by atoms with Gasteiger partial charge in [-0.3, -0.25) is 4.68 Å². The average molecular weight is 323 g/mol. The molecule has 3 rings (SSSR count). The summed E-state index contributed by atoms with van der Waals surface area (Å²) in [6.45, 7) is 2.75. The summed E-state index contributed by atoms with van der Waals surface area (Å²) in [6, 6.07) is 7.78. The van der Waals surface area contributed by atoms with E-state index in [1.807, 2.05) is 49.1 Å². The van der Waals surface area contributed by atoms with Crippen molar-refractivity contribution in [3.63, 3.8) is 0 Å². The zero-order valence-corrected chi connectivity index (χ0v) is 13.4. The Kier molecular flexibility index (Phi) is 3.91. The summed E-state index contributed by atoms with van der Waals surface area (Å²) in [6.07, 6.45) is 2.69. The Labute approximate surface area is 133 Å². The maximum atomic E-state index is 6.28. The first kappa shape index (κ1) is 14.4. The molecule has 1 atom stereocenters. The summed E-state index contributed by atoms with van der Waals surface area (Å²) in [5.74, 6) is 0.871. The second-order valence-electron chi connectivity index (χ2n) is 5.07. The topological polar surface area (TPSA) is 35.6 Å². The molecular formula is C15H16Cl2N4. The minimum absolute atomic E-state index is 0.150. The summed E-state index contributed by atoms with van der Waals surface area (Å²) in [5, 5.41) is 4.73. The molecule has 3 aromatic rings. The fourth-order valence-electron chi connectivity index (χ4n) is 2.53. The maximum absolute atomic E-state index is 6.28. The molecule has 2 aromatic heterocycles. The predicted molar refractivity (Wildman–Crippen MR) is 85.9 cm³/mol. The van der Waals surface area contributed by atoms with Crippen LogP contribution in [0.4, 0.5) is 0 Å². The van der Waals surface area contributed by atoms with Gasteiger partial charge < -0.3 is 4.57 Å². The molecular weight excluding hydrogens is 307 g/mol. The van der Waals surface area contributed by atoms with E-state index in [1.54, 1.807) is 0 Å². The van der Waals surface area contributed by atoms with Crippen molar-refractivity contribution in [3.8, 4) is 0 Å². The van der Waals surface area contributed by atoms with E-state index in [4.69, 9.17) is 23.2 Å². The third-order valence-electron chi connectivity index (χ3n) is 3.61. The maximum Gasteiger partial charge on any atom is 0.127 e. The van der Waals surface area contributed by atoms with Crippen molar-refractivity contribution >= 4 is 34.2 Å². The zero-order valence-electron chi connectivity index (χ0n) is 11.9. The van der Waals surface area contributed by atoms with E-state index < -0.39 is 0 Å². The molecule has 1 unspecified atom stereocenters. The van der Waals surface area contributed by atoms with E-state index in [2.05, 4.69) is 14.6 Å². The van der Waals surface area contributed by atoms with E-state index in [0.717, 1.165) is 29.8 Å². The van der Waals surface area contributed by atoms with Crippen LogP contribution < -0.4 is 0 Å². The highest BCUT2D eigenvalue weighted by molar-refractivity contribution is 6.31. The molecule has 0 aliphatic carbocycles. The standard InChI is InChI=1S/C15H16Cl2N4/c1-10(16)15-19-13-9-11(17)3-4-14(13)21(15)8-6-12-5-7-18-20(12)2/h3-5,7,9-10H,6,8H2,1-2H3. The van der Waals surface area contributed by atoms with Crippen LogP contribution in [-0.4, -0.2) is 19.3 Å². The lowest BCUT2D eigenvalue weighted by Gasteiger charge is -2.10. The zero-order chi connectivity index (χ0) is 15.0. The molecule has 6 heteroatoms. The first-order valence-corrected chi connectivity index (χ1v) is 7.64. The lowest BCUT2D eigenvalue weighted by molar-refractivity contribution is 0.624. The van der Waals surface area contributed by atoms with E-state index in [9.17, 15) is 0 Å². The fourth-order valence-corrected chi connectivity index (χ4v) is 2.87. The number of benzene rings is 1. The number of aryl methyl sites for hydroxylation is 3. The van der Waals surface area contributed by atoms with Gasteiger partial charge in [-0.15, -0.1) is 11.6 Å². The Hall–Kier alpha value is -1.52. The molecule has 1 aromatic carbocycles. The Balaban J connectivity index is 1.99. The van der Waals surface area contributed by atoms with Crippen LogP contribution in [0.25, 0.3) is 11.0 Å². The first-order valence-electron chi connectivity index (χ1n) is 6.83. The van der Waals surface area contributed by atoms with E-state index in [-0.39, 0.29) is 5.38 Å². The van der Waals surface area contributed by atoms with Gasteiger partial charge in [-0.2, -0.15) is 5.10 Å². The van der Waals surface area contributed by atoms with Gasteiger partial charge in [0.1, 0.15) is 5.82 Å². The Morgan fingerprint density at radius 2 is 2.10 bits per heavy atom. The summed E-state index contributed by atoms with van der Waals surface area (Å²) in [5.41, 5.74) is 3.12. The third kappa shape index (κ3) is 2.78. The number of aromatic nitrogens is 4. The Morgan fingerprint density at radius 1 is 1.29 bits per heavy atom. The molecule has 0 saturated heterocycles. The van der Waals surface area contributed by atoms with Gasteiger partial charge in [-0.25, -0.2) is 4.98 Å². The number of hydrogen-bond donors (Lipinski definition) is 0. The van der Waals surface area contributed by atoms with Crippen LogP contribution in [0.5, 0.6) is 0 Å². The average Bonchev–Trinajstić information content (AvgIpc) is 2.99. The van der Waals surface area contributed by atoms with Crippen LogP contribution in [0.2, 0.25) is 5.02 Å². The molecule has 0 aliphatic heterocycles. The summed E-state index contributed by atoms with van der Waals surface area (Å²) in [7, 11) is 1.95. The van der Waals surface area contributed by atoms with Gasteiger partial charge in [-0.1, -0.05) is 11.6 Å². The molecule has 0 N–H and O–H groups in total. The van der Waals surface area contributed by atoms with Gasteiger partial charge in [0.15, 0.2) is 0 Å². The molecule has 4 nitrogen and oxygen atoms in total. The van der Waals surface area contributed by atoms with Crippen molar-refractivity contribution in [2.75, 3.05) is 0 Å². The van der Waals surface area contributed by atoms with Gasteiger partial charge in [-0.05, 0) is 31.2 Å². The lowest BCUT2D eigenvalue weighted by Crippen LogP contribution is -2.09. The molecule has 110 valence electrons. The second kappa shape index (κ2) is 5.70. The highest BCUT2D eigenvalue weighted by Gasteiger charge is 2.15. The molecule has 0 spiro atoms. The summed E-state index contributed by atoms with van der Waals surface area (Å²) >= 11 is 12.3. The normalized spacial score (nSPS) is 13.0. The van der Waals surface area contributed by atoms with Crippen LogP contribution in [0.3, 0.4) is 0 Å². The highest BCUT2D eigenvalue weighted by atomic mass is 35.5. The number of alkyl halides is 1. The fraction of sp³-hybridized carbons (Fsp3) is 0.333. The monoisotopic (exact) mass is 322 g/mol. The Morgan fingerprint density at radius 3 is 2.76 bits per heavy atom. The van der Waals surface area contributed by atoms with Crippen molar-refractivity contribution in [3.05, 3.63) is 47.0 Å². The van der Waals surface area contributed by atoms with Gasteiger partial charge >= 0.3 is 0 Å². The molecule has 2 heterocycles. The van der Waals surface area contributed by atoms with Crippen molar-refractivity contribution in [1.82, 2.24) is 19.3 Å². The Bertz CT molecular complexity index is 773. The minimum atomic E-state index is -0.150. The van der Waals surface area contributed by atoms with Crippen LogP contribution in [0.15, 0.2) is 30.5 Å². The number of nitrogens with zero attached hydrogens (tertiary/aromatic N) is 4. The van der Waals surface area contributed by atoms with E-state index in [1.165, 1.54) is 5.69 Å². The van der Waals surface area contributed by atoms with Crippen LogP contribution in [0, 0.1) is 0 Å². The number of hydrogen-bond acceptors (Lipinski definition) is 2. The lowest BCUT2D eigenvalue weighted by atomic mass is 10.2. The molecule has 0 radical (unpaired) electrons. The van der Waals surface area contributed by atoms with Gasteiger partial charge in [0, 0.05) is 36.9 Å². The van der Waals surface area contributed by atoms with Crippen LogP contribution >= 0.6 is 23.2 Å². The first-order chi connectivity index (χ1) is 10.1. The molecule has 0 aliphatic rings. The molecule has 0 fully saturated rings. The van der Waals surface area contributed by atoms with Gasteiger partial charge in [0.25, 0.3) is 0 Å². The van der Waals surface area contributed by atoms with Gasteiger partial charge in [0.05, 0.1) is 16.4 Å². The largest absolute Gasteiger partial charge is 0.326 e. The second-order valence-corrected chi connectivity index (χ2v) is 6.16. The van der Waals surface area contributed by atoms with Crippen molar-refractivity contribution < 1.29 is 0 Å². The third-order valence-corrected chi connectivity index (χ3v) is 4.04. The number of fused-ring (bicyclic) bond motifs is 1. The van der Waals surface area contributed by atoms with Crippen LogP contribution in [0.1, 0.15) is 23.8 Å².